The lowest BCUT2D eigenvalue weighted by molar-refractivity contribution is 0.0948. The van der Waals surface area contributed by atoms with Crippen molar-refractivity contribution in [1.29, 1.82) is 0 Å². The van der Waals surface area contributed by atoms with Crippen molar-refractivity contribution in [3.8, 4) is 5.75 Å². The van der Waals surface area contributed by atoms with E-state index in [-0.39, 0.29) is 10.8 Å². The summed E-state index contributed by atoms with van der Waals surface area (Å²) in [5.74, 6) is 0.367. The van der Waals surface area contributed by atoms with Gasteiger partial charge in [-0.05, 0) is 60.7 Å². The summed E-state index contributed by atoms with van der Waals surface area (Å²) in [7, 11) is -2.24. The van der Waals surface area contributed by atoms with E-state index < -0.39 is 10.0 Å². The van der Waals surface area contributed by atoms with E-state index in [2.05, 4.69) is 19.8 Å². The van der Waals surface area contributed by atoms with Crippen LogP contribution < -0.4 is 19.7 Å². The van der Waals surface area contributed by atoms with Crippen LogP contribution in [0.25, 0.3) is 10.2 Å². The molecule has 1 aliphatic heterocycles. The number of para-hydroxylation sites is 1. The second-order valence-electron chi connectivity index (χ2n) is 9.03. The Morgan fingerprint density at radius 3 is 2.41 bits per heavy atom. The first-order valence-electron chi connectivity index (χ1n) is 12.4. The molecule has 1 aromatic heterocycles. The van der Waals surface area contributed by atoms with Crippen molar-refractivity contribution in [1.82, 2.24) is 15.2 Å². The number of nitrogens with one attached hydrogen (secondary N) is 2. The second kappa shape index (κ2) is 11.8. The van der Waals surface area contributed by atoms with Gasteiger partial charge < -0.3 is 15.0 Å². The van der Waals surface area contributed by atoms with E-state index in [1.807, 2.05) is 18.2 Å². The monoisotopic (exact) mass is 585 g/mol. The highest BCUT2D eigenvalue weighted by molar-refractivity contribution is 7.92. The van der Waals surface area contributed by atoms with Gasteiger partial charge in [0.2, 0.25) is 0 Å². The number of rotatable bonds is 9. The van der Waals surface area contributed by atoms with Gasteiger partial charge in [0.05, 0.1) is 21.7 Å². The van der Waals surface area contributed by atoms with Crippen LogP contribution in [0.5, 0.6) is 5.75 Å². The fourth-order valence-corrected chi connectivity index (χ4v) is 6.67. The van der Waals surface area contributed by atoms with E-state index in [1.54, 1.807) is 47.7 Å². The molecule has 12 heteroatoms. The number of hydrogen-bond acceptors (Lipinski definition) is 8. The molecular formula is C27H28ClN5O4S2. The average Bonchev–Trinajstić information content (AvgIpc) is 3.39. The van der Waals surface area contributed by atoms with E-state index in [1.165, 1.54) is 19.2 Å². The number of halogens is 1. The molecule has 4 aromatic rings. The quantitative estimate of drug-likeness (QED) is 0.302. The summed E-state index contributed by atoms with van der Waals surface area (Å²) in [6.45, 7) is 4.73. The molecule has 1 saturated heterocycles. The van der Waals surface area contributed by atoms with Gasteiger partial charge in [0.15, 0.2) is 5.13 Å². The zero-order valence-electron chi connectivity index (χ0n) is 21.3. The molecule has 0 unspecified atom stereocenters. The molecule has 39 heavy (non-hydrogen) atoms. The lowest BCUT2D eigenvalue weighted by Gasteiger charge is -2.34. The molecule has 0 aliphatic carbocycles. The van der Waals surface area contributed by atoms with Gasteiger partial charge in [0.1, 0.15) is 11.3 Å². The third kappa shape index (κ3) is 6.44. The van der Waals surface area contributed by atoms with E-state index in [0.717, 1.165) is 48.1 Å². The molecule has 0 radical (unpaired) electrons. The molecule has 2 heterocycles. The minimum Gasteiger partial charge on any atom is -0.497 e. The summed E-state index contributed by atoms with van der Waals surface area (Å²) >= 11 is 7.93. The molecule has 5 rings (SSSR count). The minimum atomic E-state index is -3.75. The summed E-state index contributed by atoms with van der Waals surface area (Å²) in [4.78, 5) is 22.0. The van der Waals surface area contributed by atoms with E-state index in [9.17, 15) is 13.2 Å². The predicted octanol–water partition coefficient (Wildman–Crippen LogP) is 4.31. The number of carbonyl (C=O) groups excluding carboxylic acids is 1. The molecule has 0 bridgehead atoms. The Hall–Kier alpha value is -3.38. The molecule has 2 N–H and O–H groups in total. The van der Waals surface area contributed by atoms with Crippen molar-refractivity contribution in [2.75, 3.05) is 56.0 Å². The van der Waals surface area contributed by atoms with Crippen LogP contribution in [0.1, 0.15) is 10.4 Å². The number of amides is 1. The lowest BCUT2D eigenvalue weighted by Crippen LogP contribution is -2.48. The highest BCUT2D eigenvalue weighted by Crippen LogP contribution is 2.33. The number of nitrogens with zero attached hydrogens (tertiary/aromatic N) is 3. The van der Waals surface area contributed by atoms with Crippen molar-refractivity contribution >= 4 is 59.9 Å². The number of anilines is 2. The predicted molar refractivity (Wildman–Crippen MR) is 156 cm³/mol. The number of sulfonamides is 1. The zero-order chi connectivity index (χ0) is 27.4. The van der Waals surface area contributed by atoms with Crippen molar-refractivity contribution in [3.05, 3.63) is 77.3 Å². The fraction of sp³-hybridized carbons (Fsp3) is 0.259. The van der Waals surface area contributed by atoms with E-state index >= 15 is 0 Å². The average molecular weight is 586 g/mol. The maximum absolute atomic E-state index is 12.6. The van der Waals surface area contributed by atoms with E-state index in [0.29, 0.717) is 28.6 Å². The number of aromatic nitrogens is 1. The first kappa shape index (κ1) is 27.2. The SMILES string of the molecule is COc1ccc(S(=O)(=O)Nc2ccc(C(=O)NCCN3CCN(c4nc5c(Cl)cccc5s4)CC3)cc2)cc1. The first-order chi connectivity index (χ1) is 18.8. The Morgan fingerprint density at radius 1 is 1.03 bits per heavy atom. The van der Waals surface area contributed by atoms with Crippen LogP contribution >= 0.6 is 22.9 Å². The maximum Gasteiger partial charge on any atom is 0.261 e. The highest BCUT2D eigenvalue weighted by Gasteiger charge is 2.20. The van der Waals surface area contributed by atoms with E-state index in [4.69, 9.17) is 21.3 Å². The van der Waals surface area contributed by atoms with Gasteiger partial charge in [-0.25, -0.2) is 13.4 Å². The highest BCUT2D eigenvalue weighted by atomic mass is 35.5. The molecule has 1 amide bonds. The molecule has 3 aromatic carbocycles. The van der Waals surface area contributed by atoms with Crippen molar-refractivity contribution < 1.29 is 17.9 Å². The van der Waals surface area contributed by atoms with Crippen LogP contribution in [-0.4, -0.2) is 70.6 Å². The molecule has 0 saturated carbocycles. The molecule has 0 atom stereocenters. The maximum atomic E-state index is 12.6. The van der Waals surface area contributed by atoms with Crippen LogP contribution in [0.3, 0.4) is 0 Å². The number of methoxy groups -OCH3 is 1. The molecule has 9 nitrogen and oxygen atoms in total. The topological polar surface area (TPSA) is 104 Å². The Morgan fingerprint density at radius 2 is 1.74 bits per heavy atom. The number of thiazole rings is 1. The standard InChI is InChI=1S/C27H28ClN5O4S2/c1-37-21-9-11-22(12-10-21)39(35,36)31-20-7-5-19(6-8-20)26(34)29-13-14-32-15-17-33(18-16-32)27-30-25-23(28)3-2-4-24(25)38-27/h2-12,31H,13-18H2,1H3,(H,29,34). The first-order valence-corrected chi connectivity index (χ1v) is 15.1. The zero-order valence-corrected chi connectivity index (χ0v) is 23.7. The normalized spacial score (nSPS) is 14.4. The Bertz CT molecular complexity index is 1550. The molecule has 204 valence electrons. The number of ether oxygens (including phenoxy) is 1. The number of carbonyl (C=O) groups is 1. The summed E-state index contributed by atoms with van der Waals surface area (Å²) in [6, 6.07) is 18.3. The summed E-state index contributed by atoms with van der Waals surface area (Å²) in [6.07, 6.45) is 0. The third-order valence-corrected chi connectivity index (χ3v) is 9.27. The summed E-state index contributed by atoms with van der Waals surface area (Å²) < 4.78 is 33.9. The van der Waals surface area contributed by atoms with Crippen molar-refractivity contribution in [2.24, 2.45) is 0 Å². The molecule has 1 fully saturated rings. The van der Waals surface area contributed by atoms with Gasteiger partial charge in [0.25, 0.3) is 15.9 Å². The van der Waals surface area contributed by atoms with Gasteiger partial charge in [-0.1, -0.05) is 29.0 Å². The van der Waals surface area contributed by atoms with Crippen LogP contribution in [0.4, 0.5) is 10.8 Å². The van der Waals surface area contributed by atoms with Crippen molar-refractivity contribution in [3.63, 3.8) is 0 Å². The number of fused-ring (bicyclic) bond motifs is 1. The van der Waals surface area contributed by atoms with Crippen LogP contribution in [0, 0.1) is 0 Å². The van der Waals surface area contributed by atoms with Crippen LogP contribution in [-0.2, 0) is 10.0 Å². The smallest absolute Gasteiger partial charge is 0.261 e. The second-order valence-corrected chi connectivity index (χ2v) is 12.1. The third-order valence-electron chi connectivity index (χ3n) is 6.48. The molecule has 1 aliphatic rings. The summed E-state index contributed by atoms with van der Waals surface area (Å²) in [5, 5.41) is 4.61. The van der Waals surface area contributed by atoms with Gasteiger partial charge in [-0.3, -0.25) is 14.4 Å². The lowest BCUT2D eigenvalue weighted by atomic mass is 10.2. The van der Waals surface area contributed by atoms with Crippen molar-refractivity contribution in [2.45, 2.75) is 4.90 Å². The van der Waals surface area contributed by atoms with Gasteiger partial charge in [0, 0.05) is 50.5 Å². The molecule has 0 spiro atoms. The number of hydrogen-bond donors (Lipinski definition) is 2. The van der Waals surface area contributed by atoms with Gasteiger partial charge >= 0.3 is 0 Å². The largest absolute Gasteiger partial charge is 0.497 e. The Kier molecular flexibility index (Phi) is 8.22. The van der Waals surface area contributed by atoms with Crippen LogP contribution in [0.15, 0.2) is 71.6 Å². The fourth-order valence-electron chi connectivity index (χ4n) is 4.29. The molecular weight excluding hydrogens is 558 g/mol. The van der Waals surface area contributed by atoms with Gasteiger partial charge in [-0.2, -0.15) is 0 Å². The van der Waals surface area contributed by atoms with Crippen LogP contribution in [0.2, 0.25) is 5.02 Å². The van der Waals surface area contributed by atoms with Gasteiger partial charge in [-0.15, -0.1) is 0 Å². The minimum absolute atomic E-state index is 0.121. The number of benzene rings is 3. The Labute approximate surface area is 236 Å². The Balaban J connectivity index is 1.07. The summed E-state index contributed by atoms with van der Waals surface area (Å²) in [5.41, 5.74) is 1.68. The number of piperazine rings is 1.